The van der Waals surface area contributed by atoms with Crippen molar-refractivity contribution in [2.24, 2.45) is 5.16 Å². The summed E-state index contributed by atoms with van der Waals surface area (Å²) in [5.41, 5.74) is 4.02. The molecule has 2 unspecified atom stereocenters. The number of cyclic esters (lactones) is 1. The minimum atomic E-state index is -0.588. The Kier molecular flexibility index (Phi) is 5.37. The van der Waals surface area contributed by atoms with Crippen LogP contribution in [0.15, 0.2) is 41.6 Å². The molecule has 2 N–H and O–H groups in total. The van der Waals surface area contributed by atoms with Crippen molar-refractivity contribution in [3.8, 4) is 11.1 Å². The normalized spacial score (nSPS) is 22.9. The molecule has 3 aliphatic rings. The number of fused-ring (bicyclic) bond motifs is 3. The lowest BCUT2D eigenvalue weighted by Crippen LogP contribution is -2.40. The Morgan fingerprint density at radius 3 is 2.79 bits per heavy atom. The second-order valence-electron chi connectivity index (χ2n) is 8.13. The lowest BCUT2D eigenvalue weighted by Gasteiger charge is -2.16. The standard InChI is InChI=1S/C23H22FN3O6/c1-31-22(29)25-10-21-20-8-14-6-12(3-5-19(14)27(20)23(30)32-21)13-2-4-16(17(24)7-13)18-9-15(11-28)33-26-18/h2-7,15,20-21,28H,8-11H2,1H3,(H,25,29)/t15?,20-,21?/m0/s1. The molecule has 2 amide bonds. The number of alkyl carbamates (subject to hydrolysis) is 1. The maximum atomic E-state index is 14.8. The van der Waals surface area contributed by atoms with Crippen LogP contribution in [0.3, 0.4) is 0 Å². The molecule has 0 aliphatic carbocycles. The summed E-state index contributed by atoms with van der Waals surface area (Å²) in [6.45, 7) is -0.0230. The van der Waals surface area contributed by atoms with Crippen LogP contribution in [0.4, 0.5) is 19.7 Å². The average Bonchev–Trinajstić information content (AvgIpc) is 3.52. The highest BCUT2D eigenvalue weighted by atomic mass is 19.1. The van der Waals surface area contributed by atoms with Crippen LogP contribution in [0, 0.1) is 5.82 Å². The molecule has 33 heavy (non-hydrogen) atoms. The first-order chi connectivity index (χ1) is 16.0. The van der Waals surface area contributed by atoms with Gasteiger partial charge in [-0.1, -0.05) is 17.3 Å². The van der Waals surface area contributed by atoms with Crippen LogP contribution in [0.5, 0.6) is 0 Å². The summed E-state index contributed by atoms with van der Waals surface area (Å²) in [6, 6.07) is 10.3. The van der Waals surface area contributed by atoms with E-state index in [1.165, 1.54) is 13.2 Å². The molecule has 0 spiro atoms. The lowest BCUT2D eigenvalue weighted by molar-refractivity contribution is 0.0390. The summed E-state index contributed by atoms with van der Waals surface area (Å²) in [7, 11) is 1.27. The van der Waals surface area contributed by atoms with E-state index in [0.717, 1.165) is 16.8 Å². The summed E-state index contributed by atoms with van der Waals surface area (Å²) in [5, 5.41) is 15.6. The van der Waals surface area contributed by atoms with Crippen molar-refractivity contribution >= 4 is 23.6 Å². The Labute approximate surface area is 188 Å². The number of methoxy groups -OCH3 is 1. The van der Waals surface area contributed by atoms with Crippen LogP contribution in [0.2, 0.25) is 0 Å². The van der Waals surface area contributed by atoms with E-state index in [-0.39, 0.29) is 19.2 Å². The fourth-order valence-electron chi connectivity index (χ4n) is 4.50. The Hall–Kier alpha value is -3.66. The maximum Gasteiger partial charge on any atom is 0.415 e. The lowest BCUT2D eigenvalue weighted by atomic mass is 9.97. The first kappa shape index (κ1) is 21.2. The third-order valence-corrected chi connectivity index (χ3v) is 6.16. The molecular formula is C23H22FN3O6. The average molecular weight is 455 g/mol. The number of nitrogens with zero attached hydrogens (tertiary/aromatic N) is 2. The van der Waals surface area contributed by atoms with Gasteiger partial charge in [0.05, 0.1) is 37.7 Å². The predicted molar refractivity (Wildman–Crippen MR) is 116 cm³/mol. The van der Waals surface area contributed by atoms with Crippen molar-refractivity contribution in [2.45, 2.75) is 31.1 Å². The summed E-state index contributed by atoms with van der Waals surface area (Å²) in [4.78, 5) is 30.5. The quantitative estimate of drug-likeness (QED) is 0.717. The highest BCUT2D eigenvalue weighted by Crippen LogP contribution is 2.40. The van der Waals surface area contributed by atoms with Gasteiger partial charge in [-0.15, -0.1) is 0 Å². The molecule has 172 valence electrons. The van der Waals surface area contributed by atoms with Crippen LogP contribution in [-0.2, 0) is 20.7 Å². The number of aliphatic hydroxyl groups excluding tert-OH is 1. The Bertz CT molecular complexity index is 1150. The van der Waals surface area contributed by atoms with Crippen LogP contribution >= 0.6 is 0 Å². The van der Waals surface area contributed by atoms with Gasteiger partial charge in [-0.2, -0.15) is 0 Å². The van der Waals surface area contributed by atoms with Gasteiger partial charge in [-0.3, -0.25) is 4.90 Å². The molecule has 3 heterocycles. The Balaban J connectivity index is 1.36. The topological polar surface area (TPSA) is 110 Å². The van der Waals surface area contributed by atoms with E-state index in [0.29, 0.717) is 29.7 Å². The number of nitrogens with one attached hydrogen (secondary N) is 1. The van der Waals surface area contributed by atoms with E-state index >= 15 is 0 Å². The molecule has 0 aromatic heterocycles. The van der Waals surface area contributed by atoms with Crippen molar-refractivity contribution in [1.82, 2.24) is 5.32 Å². The van der Waals surface area contributed by atoms with Crippen molar-refractivity contribution in [2.75, 3.05) is 25.2 Å². The zero-order valence-corrected chi connectivity index (χ0v) is 17.8. The summed E-state index contributed by atoms with van der Waals surface area (Å²) in [5.74, 6) is -0.424. The number of carbonyl (C=O) groups is 2. The zero-order valence-electron chi connectivity index (χ0n) is 17.8. The second-order valence-corrected chi connectivity index (χ2v) is 8.13. The maximum absolute atomic E-state index is 14.8. The molecule has 9 nitrogen and oxygen atoms in total. The Morgan fingerprint density at radius 1 is 1.27 bits per heavy atom. The third kappa shape index (κ3) is 3.76. The Morgan fingerprint density at radius 2 is 2.06 bits per heavy atom. The molecule has 0 saturated carbocycles. The number of ether oxygens (including phenoxy) is 2. The molecule has 2 aromatic rings. The van der Waals surface area contributed by atoms with Crippen LogP contribution in [0.1, 0.15) is 17.5 Å². The van der Waals surface area contributed by atoms with Gasteiger partial charge in [0.2, 0.25) is 0 Å². The number of carbonyl (C=O) groups excluding carboxylic acids is 2. The molecule has 0 radical (unpaired) electrons. The molecule has 5 rings (SSSR count). The number of hydrogen-bond acceptors (Lipinski definition) is 7. The number of hydrogen-bond donors (Lipinski definition) is 2. The van der Waals surface area contributed by atoms with E-state index < -0.39 is 30.2 Å². The van der Waals surface area contributed by atoms with Crippen molar-refractivity contribution in [1.29, 1.82) is 0 Å². The van der Waals surface area contributed by atoms with Gasteiger partial charge < -0.3 is 24.7 Å². The van der Waals surface area contributed by atoms with Gasteiger partial charge in [0.25, 0.3) is 0 Å². The number of anilines is 1. The van der Waals surface area contributed by atoms with Gasteiger partial charge in [0.1, 0.15) is 11.9 Å². The van der Waals surface area contributed by atoms with Gasteiger partial charge in [-0.05, 0) is 47.4 Å². The monoisotopic (exact) mass is 455 g/mol. The predicted octanol–water partition coefficient (Wildman–Crippen LogP) is 2.58. The molecule has 3 aliphatic heterocycles. The van der Waals surface area contributed by atoms with Gasteiger partial charge in [0.15, 0.2) is 6.10 Å². The van der Waals surface area contributed by atoms with E-state index in [9.17, 15) is 19.1 Å². The van der Waals surface area contributed by atoms with Crippen LogP contribution in [-0.4, -0.2) is 61.5 Å². The second kappa shape index (κ2) is 8.36. The SMILES string of the molecule is COC(=O)NCC1OC(=O)N2c3ccc(-c4ccc(C5=NOC(CO)C5)c(F)c4)cc3C[C@@H]12. The minimum Gasteiger partial charge on any atom is -0.453 e. The van der Waals surface area contributed by atoms with Gasteiger partial charge in [0, 0.05) is 12.0 Å². The van der Waals surface area contributed by atoms with Gasteiger partial charge >= 0.3 is 12.2 Å². The number of aliphatic hydroxyl groups is 1. The molecule has 10 heteroatoms. The number of benzene rings is 2. The highest BCUT2D eigenvalue weighted by molar-refractivity contribution is 6.02. The highest BCUT2D eigenvalue weighted by Gasteiger charge is 2.47. The minimum absolute atomic E-state index is 0.151. The number of amides is 2. The number of oxime groups is 1. The molecule has 1 saturated heterocycles. The fourth-order valence-corrected chi connectivity index (χ4v) is 4.50. The summed E-state index contributed by atoms with van der Waals surface area (Å²) >= 11 is 0. The van der Waals surface area contributed by atoms with E-state index in [4.69, 9.17) is 9.57 Å². The van der Waals surface area contributed by atoms with Crippen molar-refractivity contribution in [3.63, 3.8) is 0 Å². The van der Waals surface area contributed by atoms with Crippen LogP contribution < -0.4 is 10.2 Å². The molecule has 1 fully saturated rings. The largest absolute Gasteiger partial charge is 0.453 e. The zero-order chi connectivity index (χ0) is 23.1. The number of rotatable bonds is 5. The molecule has 2 aromatic carbocycles. The van der Waals surface area contributed by atoms with E-state index in [1.807, 2.05) is 24.3 Å². The van der Waals surface area contributed by atoms with Gasteiger partial charge in [-0.25, -0.2) is 14.0 Å². The van der Waals surface area contributed by atoms with Crippen molar-refractivity contribution in [3.05, 3.63) is 53.3 Å². The fraction of sp³-hybridized carbons (Fsp3) is 0.348. The van der Waals surface area contributed by atoms with Crippen molar-refractivity contribution < 1.29 is 33.4 Å². The van der Waals surface area contributed by atoms with Crippen LogP contribution in [0.25, 0.3) is 11.1 Å². The first-order valence-electron chi connectivity index (χ1n) is 10.6. The molecule has 3 atom stereocenters. The van der Waals surface area contributed by atoms with E-state index in [1.54, 1.807) is 11.0 Å². The summed E-state index contributed by atoms with van der Waals surface area (Å²) in [6.07, 6.45) is -1.08. The third-order valence-electron chi connectivity index (χ3n) is 6.16. The molecule has 0 bridgehead atoms. The molecular weight excluding hydrogens is 433 g/mol. The summed E-state index contributed by atoms with van der Waals surface area (Å²) < 4.78 is 24.8. The first-order valence-corrected chi connectivity index (χ1v) is 10.6. The van der Waals surface area contributed by atoms with E-state index in [2.05, 4.69) is 15.2 Å². The number of halogens is 1. The smallest absolute Gasteiger partial charge is 0.415 e.